The summed E-state index contributed by atoms with van der Waals surface area (Å²) in [6.07, 6.45) is 0.622. The van der Waals surface area contributed by atoms with Crippen LogP contribution in [0.3, 0.4) is 0 Å². The van der Waals surface area contributed by atoms with E-state index in [0.717, 1.165) is 6.07 Å². The molecule has 94 valence electrons. The molecule has 17 heavy (non-hydrogen) atoms. The van der Waals surface area contributed by atoms with Gasteiger partial charge in [-0.15, -0.1) is 0 Å². The van der Waals surface area contributed by atoms with Gasteiger partial charge in [0.15, 0.2) is 0 Å². The number of carbonyl (C=O) groups excluding carboxylic acids is 1. The maximum atomic E-state index is 13.4. The molecule has 4 nitrogen and oxygen atoms in total. The van der Waals surface area contributed by atoms with Crippen molar-refractivity contribution in [3.8, 4) is 5.75 Å². The van der Waals surface area contributed by atoms with E-state index < -0.39 is 11.7 Å². The van der Waals surface area contributed by atoms with Crippen molar-refractivity contribution in [2.24, 2.45) is 5.73 Å². The topological polar surface area (TPSA) is 66.6 Å². The number of rotatable bonds is 4. The molecule has 3 N–H and O–H groups in total. The molecule has 1 rings (SSSR count). The van der Waals surface area contributed by atoms with Crippen LogP contribution in [0.25, 0.3) is 0 Å². The molecule has 5 heteroatoms. The lowest BCUT2D eigenvalue weighted by Gasteiger charge is -2.19. The fraction of sp³-hybridized carbons (Fsp3) is 0.417. The molecule has 0 radical (unpaired) electrons. The van der Waals surface area contributed by atoms with Crippen LogP contribution in [-0.2, 0) is 0 Å². The van der Waals surface area contributed by atoms with Gasteiger partial charge in [-0.3, -0.25) is 4.79 Å². The summed E-state index contributed by atoms with van der Waals surface area (Å²) >= 11 is 0. The first-order chi connectivity index (χ1) is 7.93. The Morgan fingerprint density at radius 1 is 1.59 bits per heavy atom. The highest BCUT2D eigenvalue weighted by Gasteiger charge is 2.20. The molecule has 0 aliphatic heterocycles. The lowest BCUT2D eigenvalue weighted by molar-refractivity contribution is 0.0784. The van der Waals surface area contributed by atoms with E-state index in [2.05, 4.69) is 0 Å². The van der Waals surface area contributed by atoms with Gasteiger partial charge in [0.2, 0.25) is 0 Å². The van der Waals surface area contributed by atoms with Crippen LogP contribution in [-0.4, -0.2) is 35.5 Å². The molecule has 1 atom stereocenters. The zero-order valence-electron chi connectivity index (χ0n) is 9.98. The minimum atomic E-state index is -0.720. The Bertz CT molecular complexity index is 387. The molecule has 0 aliphatic carbocycles. The minimum Gasteiger partial charge on any atom is -0.507 e. The molecule has 0 aromatic heterocycles. The molecule has 0 heterocycles. The summed E-state index contributed by atoms with van der Waals surface area (Å²) in [4.78, 5) is 13.2. The third kappa shape index (κ3) is 3.42. The minimum absolute atomic E-state index is 0.0283. The molecular formula is C12H17FN2O2. The molecule has 0 fully saturated rings. The first-order valence-electron chi connectivity index (χ1n) is 5.42. The van der Waals surface area contributed by atoms with Crippen LogP contribution in [0.5, 0.6) is 5.75 Å². The largest absolute Gasteiger partial charge is 0.507 e. The third-order valence-electron chi connectivity index (χ3n) is 2.47. The molecule has 1 amide bonds. The zero-order chi connectivity index (χ0) is 13.0. The molecule has 0 aliphatic rings. The summed E-state index contributed by atoms with van der Waals surface area (Å²) in [6, 6.07) is 3.75. The van der Waals surface area contributed by atoms with E-state index in [1.54, 1.807) is 7.05 Å². The number of benzene rings is 1. The van der Waals surface area contributed by atoms with Crippen molar-refractivity contribution < 1.29 is 14.3 Å². The van der Waals surface area contributed by atoms with Gasteiger partial charge in [0.1, 0.15) is 17.1 Å². The number of amides is 1. The van der Waals surface area contributed by atoms with E-state index in [-0.39, 0.29) is 17.4 Å². The van der Waals surface area contributed by atoms with Crippen LogP contribution in [0.4, 0.5) is 4.39 Å². The van der Waals surface area contributed by atoms with Gasteiger partial charge < -0.3 is 15.7 Å². The van der Waals surface area contributed by atoms with E-state index in [4.69, 9.17) is 5.73 Å². The number of hydrogen-bond acceptors (Lipinski definition) is 3. The van der Waals surface area contributed by atoms with Gasteiger partial charge in [-0.1, -0.05) is 6.07 Å². The van der Waals surface area contributed by atoms with Crippen LogP contribution < -0.4 is 5.73 Å². The van der Waals surface area contributed by atoms with E-state index in [9.17, 15) is 14.3 Å². The van der Waals surface area contributed by atoms with Crippen LogP contribution in [0.15, 0.2) is 18.2 Å². The number of nitrogens with two attached hydrogens (primary N) is 1. The predicted molar refractivity (Wildman–Crippen MR) is 63.3 cm³/mol. The number of aromatic hydroxyl groups is 1. The molecule has 0 bridgehead atoms. The van der Waals surface area contributed by atoms with Gasteiger partial charge in [-0.2, -0.15) is 0 Å². The second-order valence-electron chi connectivity index (χ2n) is 4.13. The molecule has 0 saturated carbocycles. The first kappa shape index (κ1) is 13.4. The second-order valence-corrected chi connectivity index (χ2v) is 4.13. The van der Waals surface area contributed by atoms with Crippen molar-refractivity contribution in [2.75, 3.05) is 13.6 Å². The van der Waals surface area contributed by atoms with E-state index in [1.807, 2.05) is 6.92 Å². The fourth-order valence-corrected chi connectivity index (χ4v) is 1.41. The van der Waals surface area contributed by atoms with E-state index in [0.29, 0.717) is 13.0 Å². The molecule has 1 aromatic rings. The number of halogens is 1. The van der Waals surface area contributed by atoms with Crippen LogP contribution in [0.2, 0.25) is 0 Å². The lowest BCUT2D eigenvalue weighted by Crippen LogP contribution is -2.31. The number of carbonyl (C=O) groups is 1. The van der Waals surface area contributed by atoms with Gasteiger partial charge in [0, 0.05) is 19.6 Å². The molecular weight excluding hydrogens is 223 g/mol. The number of hydrogen-bond donors (Lipinski definition) is 2. The van der Waals surface area contributed by atoms with Crippen molar-refractivity contribution in [3.05, 3.63) is 29.6 Å². The van der Waals surface area contributed by atoms with E-state index >= 15 is 0 Å². The predicted octanol–water partition coefficient (Wildman–Crippen LogP) is 1.34. The SMILES string of the molecule is CC(N)CCN(C)C(=O)c1c(O)cccc1F. The zero-order valence-corrected chi connectivity index (χ0v) is 9.98. The Kier molecular flexibility index (Phi) is 4.45. The average Bonchev–Trinajstić information content (AvgIpc) is 2.25. The Morgan fingerprint density at radius 2 is 2.24 bits per heavy atom. The van der Waals surface area contributed by atoms with Crippen molar-refractivity contribution in [1.82, 2.24) is 4.90 Å². The summed E-state index contributed by atoms with van der Waals surface area (Å²) in [7, 11) is 1.55. The Labute approximate surface area is 99.8 Å². The molecule has 1 unspecified atom stereocenters. The third-order valence-corrected chi connectivity index (χ3v) is 2.47. The maximum Gasteiger partial charge on any atom is 0.260 e. The standard InChI is InChI=1S/C12H17FN2O2/c1-8(14)6-7-15(2)12(17)11-9(13)4-3-5-10(11)16/h3-5,8,16H,6-7,14H2,1-2H3. The molecule has 0 spiro atoms. The van der Waals surface area contributed by atoms with Gasteiger partial charge >= 0.3 is 0 Å². The van der Waals surface area contributed by atoms with Crippen molar-refractivity contribution in [3.63, 3.8) is 0 Å². The summed E-state index contributed by atoms with van der Waals surface area (Å²) in [5.41, 5.74) is 5.29. The first-order valence-corrected chi connectivity index (χ1v) is 5.42. The number of phenols is 1. The fourth-order valence-electron chi connectivity index (χ4n) is 1.41. The molecule has 1 aromatic carbocycles. The summed E-state index contributed by atoms with van der Waals surface area (Å²) in [6.45, 7) is 2.25. The highest BCUT2D eigenvalue weighted by molar-refractivity contribution is 5.96. The van der Waals surface area contributed by atoms with Gasteiger partial charge in [-0.25, -0.2) is 4.39 Å². The Balaban J connectivity index is 2.82. The summed E-state index contributed by atoms with van der Waals surface area (Å²) in [5.74, 6) is -1.61. The van der Waals surface area contributed by atoms with Gasteiger partial charge in [-0.05, 0) is 25.5 Å². The van der Waals surface area contributed by atoms with Crippen molar-refractivity contribution >= 4 is 5.91 Å². The monoisotopic (exact) mass is 240 g/mol. The van der Waals surface area contributed by atoms with Crippen LogP contribution in [0, 0.1) is 5.82 Å². The summed E-state index contributed by atoms with van der Waals surface area (Å²) in [5, 5.41) is 9.48. The highest BCUT2D eigenvalue weighted by atomic mass is 19.1. The Hall–Kier alpha value is -1.62. The van der Waals surface area contributed by atoms with Crippen LogP contribution >= 0.6 is 0 Å². The Morgan fingerprint density at radius 3 is 2.76 bits per heavy atom. The number of nitrogens with zero attached hydrogens (tertiary/aromatic N) is 1. The van der Waals surface area contributed by atoms with Crippen LogP contribution in [0.1, 0.15) is 23.7 Å². The van der Waals surface area contributed by atoms with Gasteiger partial charge in [0.25, 0.3) is 5.91 Å². The quantitative estimate of drug-likeness (QED) is 0.834. The smallest absolute Gasteiger partial charge is 0.260 e. The average molecular weight is 240 g/mol. The van der Waals surface area contributed by atoms with Crippen molar-refractivity contribution in [1.29, 1.82) is 0 Å². The maximum absolute atomic E-state index is 13.4. The number of phenolic OH excluding ortho intramolecular Hbond substituents is 1. The van der Waals surface area contributed by atoms with Crippen molar-refractivity contribution in [2.45, 2.75) is 19.4 Å². The normalized spacial score (nSPS) is 12.2. The summed E-state index contributed by atoms with van der Waals surface area (Å²) < 4.78 is 13.4. The second kappa shape index (κ2) is 5.63. The lowest BCUT2D eigenvalue weighted by atomic mass is 10.1. The highest BCUT2D eigenvalue weighted by Crippen LogP contribution is 2.21. The van der Waals surface area contributed by atoms with Gasteiger partial charge in [0.05, 0.1) is 0 Å². The van der Waals surface area contributed by atoms with E-state index in [1.165, 1.54) is 17.0 Å². The molecule has 0 saturated heterocycles.